The highest BCUT2D eigenvalue weighted by molar-refractivity contribution is 7.92. The molecule has 24 heavy (non-hydrogen) atoms. The Bertz CT molecular complexity index is 892. The maximum atomic E-state index is 12.5. The Balaban J connectivity index is 1.94. The molecule has 4 amide bonds. The van der Waals surface area contributed by atoms with Crippen molar-refractivity contribution in [1.29, 1.82) is 0 Å². The number of fused-ring (bicyclic) bond motifs is 1. The van der Waals surface area contributed by atoms with E-state index in [-0.39, 0.29) is 29.7 Å². The maximum Gasteiger partial charge on any atom is 0.262 e. The second-order valence-corrected chi connectivity index (χ2v) is 7.33. The van der Waals surface area contributed by atoms with E-state index in [0.29, 0.717) is 0 Å². The van der Waals surface area contributed by atoms with Gasteiger partial charge in [0.05, 0.1) is 17.4 Å². The topological polar surface area (TPSA) is 130 Å². The Hall–Kier alpha value is -2.75. The van der Waals surface area contributed by atoms with Crippen LogP contribution >= 0.6 is 0 Å². The summed E-state index contributed by atoms with van der Waals surface area (Å²) in [6, 6.07) is 2.89. The van der Waals surface area contributed by atoms with Gasteiger partial charge in [-0.15, -0.1) is 0 Å². The molecule has 0 bridgehead atoms. The summed E-state index contributed by atoms with van der Waals surface area (Å²) in [5, 5.41) is 2.10. The number of carbonyl (C=O) groups is 4. The van der Waals surface area contributed by atoms with Crippen LogP contribution in [0.2, 0.25) is 0 Å². The number of carbonyl (C=O) groups excluding carboxylic acids is 4. The van der Waals surface area contributed by atoms with E-state index in [1.165, 1.54) is 18.2 Å². The number of hydrogen-bond donors (Lipinski definition) is 2. The third-order valence-electron chi connectivity index (χ3n) is 3.74. The van der Waals surface area contributed by atoms with Crippen LogP contribution in [0, 0.1) is 0 Å². The molecule has 0 saturated carbocycles. The number of amides is 4. The average molecular weight is 351 g/mol. The molecule has 10 heteroatoms. The van der Waals surface area contributed by atoms with Crippen LogP contribution in [0.3, 0.4) is 0 Å². The van der Waals surface area contributed by atoms with Crippen molar-refractivity contribution in [2.24, 2.45) is 0 Å². The fourth-order valence-corrected chi connectivity index (χ4v) is 3.30. The molecule has 1 aromatic rings. The lowest BCUT2D eigenvalue weighted by Crippen LogP contribution is -2.54. The van der Waals surface area contributed by atoms with Gasteiger partial charge in [0, 0.05) is 12.1 Å². The van der Waals surface area contributed by atoms with Gasteiger partial charge in [-0.2, -0.15) is 0 Å². The van der Waals surface area contributed by atoms with Crippen LogP contribution in [-0.2, 0) is 19.6 Å². The standard InChI is InChI=1S/C14H13N3O6S/c1-24(22,23)16-7-2-3-8-9(6-7)14(21)17(13(8)20)10-4-5-11(18)15-12(10)19/h2-3,6,10,16H,4-5H2,1H3,(H,15,18,19). The zero-order chi connectivity index (χ0) is 17.6. The molecule has 1 unspecified atom stereocenters. The maximum absolute atomic E-state index is 12.5. The number of anilines is 1. The van der Waals surface area contributed by atoms with Gasteiger partial charge in [-0.05, 0) is 24.6 Å². The number of piperidine rings is 1. The lowest BCUT2D eigenvalue weighted by atomic mass is 10.0. The molecule has 2 heterocycles. The molecule has 0 radical (unpaired) electrons. The van der Waals surface area contributed by atoms with Crippen LogP contribution in [0.5, 0.6) is 0 Å². The number of rotatable bonds is 3. The van der Waals surface area contributed by atoms with Crippen LogP contribution in [0.15, 0.2) is 18.2 Å². The van der Waals surface area contributed by atoms with Crippen molar-refractivity contribution in [2.45, 2.75) is 18.9 Å². The van der Waals surface area contributed by atoms with Gasteiger partial charge in [0.15, 0.2) is 0 Å². The first-order chi connectivity index (χ1) is 11.2. The van der Waals surface area contributed by atoms with Crippen LogP contribution in [0.1, 0.15) is 33.6 Å². The minimum atomic E-state index is -3.54. The van der Waals surface area contributed by atoms with Crippen LogP contribution in [0.4, 0.5) is 5.69 Å². The molecule has 126 valence electrons. The smallest absolute Gasteiger partial charge is 0.262 e. The molecule has 3 rings (SSSR count). The summed E-state index contributed by atoms with van der Waals surface area (Å²) in [5.41, 5.74) is 0.240. The predicted molar refractivity (Wildman–Crippen MR) is 81.6 cm³/mol. The van der Waals surface area contributed by atoms with Gasteiger partial charge >= 0.3 is 0 Å². The summed E-state index contributed by atoms with van der Waals surface area (Å²) in [6.45, 7) is 0. The van der Waals surface area contributed by atoms with E-state index in [1.54, 1.807) is 0 Å². The summed E-state index contributed by atoms with van der Waals surface area (Å²) in [4.78, 5) is 48.9. The van der Waals surface area contributed by atoms with Gasteiger partial charge < -0.3 is 0 Å². The van der Waals surface area contributed by atoms with Crippen molar-refractivity contribution < 1.29 is 27.6 Å². The summed E-state index contributed by atoms with van der Waals surface area (Å²) < 4.78 is 24.8. The second-order valence-electron chi connectivity index (χ2n) is 5.58. The average Bonchev–Trinajstić information content (AvgIpc) is 2.70. The van der Waals surface area contributed by atoms with Crippen molar-refractivity contribution >= 4 is 39.3 Å². The first-order valence-corrected chi connectivity index (χ1v) is 8.90. The highest BCUT2D eigenvalue weighted by Crippen LogP contribution is 2.29. The number of nitrogens with one attached hydrogen (secondary N) is 2. The minimum Gasteiger partial charge on any atom is -0.295 e. The Kier molecular flexibility index (Phi) is 3.63. The van der Waals surface area contributed by atoms with E-state index < -0.39 is 39.7 Å². The molecule has 2 N–H and O–H groups in total. The van der Waals surface area contributed by atoms with E-state index in [9.17, 15) is 27.6 Å². The zero-order valence-electron chi connectivity index (χ0n) is 12.5. The third kappa shape index (κ3) is 2.75. The largest absolute Gasteiger partial charge is 0.295 e. The molecular formula is C14H13N3O6S. The molecule has 0 aromatic heterocycles. The monoisotopic (exact) mass is 351 g/mol. The first kappa shape index (κ1) is 16.1. The molecule has 2 aliphatic rings. The van der Waals surface area contributed by atoms with E-state index >= 15 is 0 Å². The van der Waals surface area contributed by atoms with Gasteiger partial charge in [0.2, 0.25) is 21.8 Å². The summed E-state index contributed by atoms with van der Waals surface area (Å²) in [7, 11) is -3.54. The highest BCUT2D eigenvalue weighted by atomic mass is 32.2. The minimum absolute atomic E-state index is 0.0124. The zero-order valence-corrected chi connectivity index (χ0v) is 13.3. The van der Waals surface area contributed by atoms with Gasteiger partial charge in [0.25, 0.3) is 11.8 Å². The number of sulfonamides is 1. The van der Waals surface area contributed by atoms with E-state index in [4.69, 9.17) is 0 Å². The fraction of sp³-hybridized carbons (Fsp3) is 0.286. The molecule has 9 nitrogen and oxygen atoms in total. The van der Waals surface area contributed by atoms with Crippen molar-refractivity contribution in [1.82, 2.24) is 10.2 Å². The Labute approximate surface area is 137 Å². The predicted octanol–water partition coefficient (Wildman–Crippen LogP) is -0.541. The van der Waals surface area contributed by atoms with Crippen LogP contribution in [-0.4, -0.2) is 49.2 Å². The number of hydrogen-bond acceptors (Lipinski definition) is 6. The fourth-order valence-electron chi connectivity index (χ4n) is 2.75. The van der Waals surface area contributed by atoms with Gasteiger partial charge in [-0.25, -0.2) is 8.42 Å². The second kappa shape index (κ2) is 5.41. The van der Waals surface area contributed by atoms with Crippen molar-refractivity contribution in [3.05, 3.63) is 29.3 Å². The lowest BCUT2D eigenvalue weighted by molar-refractivity contribution is -0.136. The summed E-state index contributed by atoms with van der Waals surface area (Å²) in [6.07, 6.45) is 1.05. The Morgan fingerprint density at radius 1 is 1.12 bits per heavy atom. The molecule has 1 atom stereocenters. The van der Waals surface area contributed by atoms with Crippen LogP contribution < -0.4 is 10.0 Å². The van der Waals surface area contributed by atoms with E-state index in [2.05, 4.69) is 10.0 Å². The number of benzene rings is 1. The first-order valence-electron chi connectivity index (χ1n) is 7.01. The molecule has 0 aliphatic carbocycles. The quantitative estimate of drug-likeness (QED) is 0.704. The summed E-state index contributed by atoms with van der Waals surface area (Å²) >= 11 is 0. The van der Waals surface area contributed by atoms with E-state index in [1.807, 2.05) is 0 Å². The molecule has 1 aromatic carbocycles. The Morgan fingerprint density at radius 3 is 2.42 bits per heavy atom. The van der Waals surface area contributed by atoms with Crippen molar-refractivity contribution in [3.8, 4) is 0 Å². The lowest BCUT2D eigenvalue weighted by Gasteiger charge is -2.27. The summed E-state index contributed by atoms with van der Waals surface area (Å²) in [5.74, 6) is -2.49. The van der Waals surface area contributed by atoms with Crippen LogP contribution in [0.25, 0.3) is 0 Å². The number of nitrogens with zero attached hydrogens (tertiary/aromatic N) is 1. The molecular weight excluding hydrogens is 338 g/mol. The SMILES string of the molecule is CS(=O)(=O)Nc1ccc2c(c1)C(=O)N(C1CCC(=O)NC1=O)C2=O. The molecule has 1 fully saturated rings. The van der Waals surface area contributed by atoms with Gasteiger partial charge in [0.1, 0.15) is 6.04 Å². The van der Waals surface area contributed by atoms with Crippen molar-refractivity contribution in [2.75, 3.05) is 11.0 Å². The van der Waals surface area contributed by atoms with Gasteiger partial charge in [-0.3, -0.25) is 34.1 Å². The third-order valence-corrected chi connectivity index (χ3v) is 4.35. The van der Waals surface area contributed by atoms with Crippen molar-refractivity contribution in [3.63, 3.8) is 0 Å². The molecule has 2 aliphatic heterocycles. The van der Waals surface area contributed by atoms with E-state index in [0.717, 1.165) is 11.2 Å². The normalized spacial score (nSPS) is 20.9. The number of imide groups is 2. The van der Waals surface area contributed by atoms with Gasteiger partial charge in [-0.1, -0.05) is 0 Å². The Morgan fingerprint density at radius 2 is 1.79 bits per heavy atom. The molecule has 1 saturated heterocycles. The highest BCUT2D eigenvalue weighted by Gasteiger charge is 2.44. The molecule has 0 spiro atoms.